The molecule has 0 saturated heterocycles. The van der Waals surface area contributed by atoms with E-state index >= 15 is 0 Å². The molecule has 0 aliphatic rings. The number of fused-ring (bicyclic) bond motifs is 1. The zero-order chi connectivity index (χ0) is 11.7. The van der Waals surface area contributed by atoms with Crippen LogP contribution in [-0.2, 0) is 6.54 Å². The van der Waals surface area contributed by atoms with E-state index in [1.54, 1.807) is 17.7 Å². The second-order valence-corrected chi connectivity index (χ2v) is 4.48. The first-order valence-electron chi connectivity index (χ1n) is 5.11. The molecular weight excluding hydrogens is 236 g/mol. The molecule has 0 fully saturated rings. The van der Waals surface area contributed by atoms with Gasteiger partial charge in [0.05, 0.1) is 24.1 Å². The number of hydrogen-bond donors (Lipinski definition) is 2. The average Bonchev–Trinajstić information content (AvgIpc) is 2.95. The molecule has 86 valence electrons. The van der Waals surface area contributed by atoms with Crippen LogP contribution in [0.3, 0.4) is 0 Å². The number of thiazole rings is 1. The third-order valence-corrected chi connectivity index (χ3v) is 3.42. The Balaban J connectivity index is 1.86. The average molecular weight is 246 g/mol. The largest absolute Gasteiger partial charge is 0.363 e. The standard InChI is InChI=1S/C10H10N6S/c1-6-7(17-5-16-6)2-11-9-8-10(13-3-12-8)15-4-14-9/h3-5H,2H2,1H3,(H2,11,12,13,14,15). The van der Waals surface area contributed by atoms with Gasteiger partial charge in [0.1, 0.15) is 11.8 Å². The van der Waals surface area contributed by atoms with E-state index in [0.717, 1.165) is 17.0 Å². The maximum Gasteiger partial charge on any atom is 0.182 e. The molecule has 3 aromatic heterocycles. The van der Waals surface area contributed by atoms with Crippen LogP contribution >= 0.6 is 11.3 Å². The van der Waals surface area contributed by atoms with Crippen molar-refractivity contribution >= 4 is 28.3 Å². The number of aromatic amines is 1. The molecule has 0 amide bonds. The summed E-state index contributed by atoms with van der Waals surface area (Å²) in [6.07, 6.45) is 3.12. The lowest BCUT2D eigenvalue weighted by molar-refractivity contribution is 1.09. The zero-order valence-corrected chi connectivity index (χ0v) is 9.95. The van der Waals surface area contributed by atoms with E-state index in [9.17, 15) is 0 Å². The maximum atomic E-state index is 4.21. The van der Waals surface area contributed by atoms with Gasteiger partial charge in [0.2, 0.25) is 0 Å². The number of H-pyrrole nitrogens is 1. The molecule has 0 bridgehead atoms. The van der Waals surface area contributed by atoms with Crippen LogP contribution in [0.4, 0.5) is 5.82 Å². The van der Waals surface area contributed by atoms with Gasteiger partial charge in [-0.1, -0.05) is 0 Å². The maximum absolute atomic E-state index is 4.21. The summed E-state index contributed by atoms with van der Waals surface area (Å²) in [5, 5.41) is 3.27. The molecule has 0 atom stereocenters. The lowest BCUT2D eigenvalue weighted by Crippen LogP contribution is -2.02. The molecule has 2 N–H and O–H groups in total. The fourth-order valence-electron chi connectivity index (χ4n) is 1.56. The third-order valence-electron chi connectivity index (χ3n) is 2.48. The lowest BCUT2D eigenvalue weighted by Gasteiger charge is -2.04. The first-order valence-corrected chi connectivity index (χ1v) is 5.99. The highest BCUT2D eigenvalue weighted by Gasteiger charge is 2.06. The number of aryl methyl sites for hydroxylation is 1. The molecule has 0 spiro atoms. The van der Waals surface area contributed by atoms with Gasteiger partial charge < -0.3 is 10.3 Å². The number of anilines is 1. The molecule has 3 rings (SSSR count). The molecule has 3 aromatic rings. The Morgan fingerprint density at radius 2 is 2.24 bits per heavy atom. The summed E-state index contributed by atoms with van der Waals surface area (Å²) in [6.45, 7) is 2.71. The van der Waals surface area contributed by atoms with Crippen molar-refractivity contribution in [2.75, 3.05) is 5.32 Å². The molecule has 0 unspecified atom stereocenters. The van der Waals surface area contributed by atoms with Gasteiger partial charge >= 0.3 is 0 Å². The van der Waals surface area contributed by atoms with E-state index in [2.05, 4.69) is 30.2 Å². The Morgan fingerprint density at radius 3 is 3.06 bits per heavy atom. The Bertz CT molecular complexity index is 643. The summed E-state index contributed by atoms with van der Waals surface area (Å²) in [5.41, 5.74) is 4.40. The van der Waals surface area contributed by atoms with Crippen molar-refractivity contribution in [1.82, 2.24) is 24.9 Å². The van der Waals surface area contributed by atoms with Gasteiger partial charge in [-0.2, -0.15) is 0 Å². The summed E-state index contributed by atoms with van der Waals surface area (Å²) in [6, 6.07) is 0. The highest BCUT2D eigenvalue weighted by Crippen LogP contribution is 2.18. The quantitative estimate of drug-likeness (QED) is 0.735. The summed E-state index contributed by atoms with van der Waals surface area (Å²) < 4.78 is 0. The summed E-state index contributed by atoms with van der Waals surface area (Å²) >= 11 is 1.63. The van der Waals surface area contributed by atoms with Crippen LogP contribution in [-0.4, -0.2) is 24.9 Å². The molecule has 0 saturated carbocycles. The van der Waals surface area contributed by atoms with Gasteiger partial charge in [-0.25, -0.2) is 19.9 Å². The van der Waals surface area contributed by atoms with Crippen molar-refractivity contribution in [1.29, 1.82) is 0 Å². The number of rotatable bonds is 3. The first-order chi connectivity index (χ1) is 8.34. The minimum atomic E-state index is 0.670. The van der Waals surface area contributed by atoms with E-state index in [0.29, 0.717) is 12.2 Å². The minimum Gasteiger partial charge on any atom is -0.363 e. The van der Waals surface area contributed by atoms with Gasteiger partial charge in [-0.15, -0.1) is 11.3 Å². The summed E-state index contributed by atoms with van der Waals surface area (Å²) in [7, 11) is 0. The van der Waals surface area contributed by atoms with Crippen molar-refractivity contribution < 1.29 is 0 Å². The summed E-state index contributed by atoms with van der Waals surface area (Å²) in [4.78, 5) is 20.8. The van der Waals surface area contributed by atoms with Crippen molar-refractivity contribution in [3.8, 4) is 0 Å². The minimum absolute atomic E-state index is 0.670. The van der Waals surface area contributed by atoms with E-state index in [1.807, 2.05) is 12.4 Å². The molecule has 3 heterocycles. The normalized spacial score (nSPS) is 10.9. The van der Waals surface area contributed by atoms with Crippen LogP contribution in [0.2, 0.25) is 0 Å². The van der Waals surface area contributed by atoms with Crippen LogP contribution < -0.4 is 5.32 Å². The monoisotopic (exact) mass is 246 g/mol. The van der Waals surface area contributed by atoms with E-state index < -0.39 is 0 Å². The zero-order valence-electron chi connectivity index (χ0n) is 9.14. The van der Waals surface area contributed by atoms with Gasteiger partial charge in [0.25, 0.3) is 0 Å². The van der Waals surface area contributed by atoms with Crippen LogP contribution in [0.5, 0.6) is 0 Å². The highest BCUT2D eigenvalue weighted by atomic mass is 32.1. The number of nitrogens with one attached hydrogen (secondary N) is 2. The van der Waals surface area contributed by atoms with Gasteiger partial charge in [-0.3, -0.25) is 0 Å². The molecule has 6 nitrogen and oxygen atoms in total. The molecule has 0 aromatic carbocycles. The molecule has 0 radical (unpaired) electrons. The van der Waals surface area contributed by atoms with Crippen LogP contribution in [0, 0.1) is 6.92 Å². The van der Waals surface area contributed by atoms with Crippen LogP contribution in [0.25, 0.3) is 11.2 Å². The van der Waals surface area contributed by atoms with E-state index in [-0.39, 0.29) is 0 Å². The van der Waals surface area contributed by atoms with Crippen molar-refractivity contribution in [3.05, 3.63) is 28.7 Å². The fourth-order valence-corrected chi connectivity index (χ4v) is 2.28. The first kappa shape index (κ1) is 10.2. The number of imidazole rings is 1. The molecular formula is C10H10N6S. The fraction of sp³-hybridized carbons (Fsp3) is 0.200. The molecule has 7 heteroatoms. The Hall–Kier alpha value is -2.02. The van der Waals surface area contributed by atoms with E-state index in [4.69, 9.17) is 0 Å². The Kier molecular flexibility index (Phi) is 2.45. The number of hydrogen-bond acceptors (Lipinski definition) is 6. The Labute approximate surface area is 101 Å². The smallest absolute Gasteiger partial charge is 0.182 e. The molecule has 17 heavy (non-hydrogen) atoms. The SMILES string of the molecule is Cc1ncsc1CNc1ncnc2nc[nH]c12. The second-order valence-electron chi connectivity index (χ2n) is 3.54. The van der Waals surface area contributed by atoms with Crippen molar-refractivity contribution in [2.24, 2.45) is 0 Å². The van der Waals surface area contributed by atoms with Crippen LogP contribution in [0.1, 0.15) is 10.6 Å². The second kappa shape index (κ2) is 4.10. The highest BCUT2D eigenvalue weighted by molar-refractivity contribution is 7.09. The van der Waals surface area contributed by atoms with Gasteiger partial charge in [0, 0.05) is 4.88 Å². The molecule has 0 aliphatic carbocycles. The van der Waals surface area contributed by atoms with Gasteiger partial charge in [-0.05, 0) is 6.92 Å². The lowest BCUT2D eigenvalue weighted by atomic mass is 10.4. The topological polar surface area (TPSA) is 79.4 Å². The summed E-state index contributed by atoms with van der Waals surface area (Å²) in [5.74, 6) is 0.764. The van der Waals surface area contributed by atoms with E-state index in [1.165, 1.54) is 11.2 Å². The third kappa shape index (κ3) is 1.84. The predicted molar refractivity (Wildman–Crippen MR) is 65.9 cm³/mol. The van der Waals surface area contributed by atoms with Crippen molar-refractivity contribution in [2.45, 2.75) is 13.5 Å². The van der Waals surface area contributed by atoms with Crippen molar-refractivity contribution in [3.63, 3.8) is 0 Å². The molecule has 0 aliphatic heterocycles. The van der Waals surface area contributed by atoms with Gasteiger partial charge in [0.15, 0.2) is 11.5 Å². The van der Waals surface area contributed by atoms with Crippen LogP contribution in [0.15, 0.2) is 18.2 Å². The predicted octanol–water partition coefficient (Wildman–Crippen LogP) is 1.73. The Morgan fingerprint density at radius 1 is 1.29 bits per heavy atom. The number of nitrogens with zero attached hydrogens (tertiary/aromatic N) is 4. The number of aromatic nitrogens is 5.